The largest absolute Gasteiger partial charge is 0.311 e. The number of hydrogen-bond acceptors (Lipinski definition) is 2. The monoisotopic (exact) mass is 284 g/mol. The Morgan fingerprint density at radius 2 is 1.81 bits per heavy atom. The van der Waals surface area contributed by atoms with Gasteiger partial charge in [0.25, 0.3) is 0 Å². The molecular weight excluding hydrogens is 266 g/mol. The summed E-state index contributed by atoms with van der Waals surface area (Å²) in [6.45, 7) is 2.87. The van der Waals surface area contributed by atoms with E-state index in [4.69, 9.17) is 11.6 Å². The first-order valence-electron chi connectivity index (χ1n) is 4.79. The summed E-state index contributed by atoms with van der Waals surface area (Å²) >= 11 is 6.02. The van der Waals surface area contributed by atoms with Crippen LogP contribution in [0.2, 0.25) is 5.02 Å². The molecule has 1 rings (SSSR count). The van der Waals surface area contributed by atoms with E-state index in [-0.39, 0.29) is 24.8 Å². The summed E-state index contributed by atoms with van der Waals surface area (Å²) in [4.78, 5) is 2.15. The second kappa shape index (κ2) is 10.2. The molecule has 0 fully saturated rings. The van der Waals surface area contributed by atoms with Crippen molar-refractivity contribution in [1.82, 2.24) is 10.2 Å². The zero-order valence-corrected chi connectivity index (χ0v) is 12.0. The second-order valence-electron chi connectivity index (χ2n) is 3.57. The van der Waals surface area contributed by atoms with Gasteiger partial charge < -0.3 is 10.2 Å². The highest BCUT2D eigenvalue weighted by Crippen LogP contribution is 2.13. The number of halogens is 3. The van der Waals surface area contributed by atoms with Gasteiger partial charge in [0.2, 0.25) is 0 Å². The Morgan fingerprint density at radius 3 is 2.38 bits per heavy atom. The van der Waals surface area contributed by atoms with E-state index in [2.05, 4.69) is 24.3 Å². The van der Waals surface area contributed by atoms with E-state index in [9.17, 15) is 0 Å². The molecule has 1 aromatic rings. The molecule has 0 spiro atoms. The minimum atomic E-state index is 0. The Morgan fingerprint density at radius 1 is 1.19 bits per heavy atom. The summed E-state index contributed by atoms with van der Waals surface area (Å²) in [6, 6.07) is 7.93. The van der Waals surface area contributed by atoms with Gasteiger partial charge in [-0.15, -0.1) is 24.8 Å². The fraction of sp³-hybridized carbons (Fsp3) is 0.455. The average Bonchev–Trinajstić information content (AvgIpc) is 2.15. The van der Waals surface area contributed by atoms with Gasteiger partial charge in [0, 0.05) is 24.7 Å². The van der Waals surface area contributed by atoms with Gasteiger partial charge in [0.1, 0.15) is 0 Å². The highest BCUT2D eigenvalue weighted by atomic mass is 35.5. The normalized spacial score (nSPS) is 9.50. The van der Waals surface area contributed by atoms with Crippen LogP contribution >= 0.6 is 36.4 Å². The summed E-state index contributed by atoms with van der Waals surface area (Å²) in [7, 11) is 4.13. The minimum Gasteiger partial charge on any atom is -0.311 e. The highest BCUT2D eigenvalue weighted by Gasteiger charge is 1.97. The van der Waals surface area contributed by atoms with Crippen molar-refractivity contribution < 1.29 is 0 Å². The topological polar surface area (TPSA) is 15.3 Å². The number of nitrogens with zero attached hydrogens (tertiary/aromatic N) is 1. The van der Waals surface area contributed by atoms with Crippen LogP contribution in [0.3, 0.4) is 0 Å². The molecular formula is C11H19Cl3N2. The van der Waals surface area contributed by atoms with Gasteiger partial charge in [-0.25, -0.2) is 0 Å². The summed E-state index contributed by atoms with van der Waals surface area (Å²) in [5, 5.41) is 4.19. The van der Waals surface area contributed by atoms with E-state index in [0.29, 0.717) is 0 Å². The van der Waals surface area contributed by atoms with Gasteiger partial charge in [0.05, 0.1) is 0 Å². The van der Waals surface area contributed by atoms with E-state index >= 15 is 0 Å². The third kappa shape index (κ3) is 7.31. The molecule has 0 saturated heterocycles. The Bertz CT molecular complexity index is 280. The average molecular weight is 286 g/mol. The smallest absolute Gasteiger partial charge is 0.0450 e. The fourth-order valence-electron chi connectivity index (χ4n) is 1.17. The predicted octanol–water partition coefficient (Wildman–Crippen LogP) is 2.83. The van der Waals surface area contributed by atoms with E-state index in [0.717, 1.165) is 30.2 Å². The van der Waals surface area contributed by atoms with Crippen LogP contribution in [0.5, 0.6) is 0 Å². The molecule has 0 radical (unpaired) electrons. The molecule has 0 amide bonds. The number of rotatable bonds is 5. The van der Waals surface area contributed by atoms with Crippen molar-refractivity contribution >= 4 is 36.4 Å². The molecule has 0 aromatic heterocycles. The van der Waals surface area contributed by atoms with Crippen LogP contribution < -0.4 is 5.32 Å². The number of nitrogens with one attached hydrogen (secondary N) is 1. The third-order valence-electron chi connectivity index (χ3n) is 2.01. The Balaban J connectivity index is 0. The van der Waals surface area contributed by atoms with Crippen molar-refractivity contribution in [3.63, 3.8) is 0 Å². The van der Waals surface area contributed by atoms with Crippen molar-refractivity contribution in [3.8, 4) is 0 Å². The molecule has 0 saturated carbocycles. The third-order valence-corrected chi connectivity index (χ3v) is 2.38. The molecule has 5 heteroatoms. The second-order valence-corrected chi connectivity index (χ2v) is 3.98. The molecule has 16 heavy (non-hydrogen) atoms. The lowest BCUT2D eigenvalue weighted by atomic mass is 10.2. The van der Waals surface area contributed by atoms with E-state index in [1.54, 1.807) is 0 Å². The summed E-state index contributed by atoms with van der Waals surface area (Å²) in [5.74, 6) is 0. The van der Waals surface area contributed by atoms with Crippen molar-refractivity contribution in [2.75, 3.05) is 27.2 Å². The maximum absolute atomic E-state index is 6.02. The zero-order chi connectivity index (χ0) is 10.4. The van der Waals surface area contributed by atoms with Crippen LogP contribution in [0.15, 0.2) is 24.3 Å². The number of likely N-dealkylation sites (N-methyl/N-ethyl adjacent to an activating group) is 1. The van der Waals surface area contributed by atoms with Crippen LogP contribution in [0, 0.1) is 0 Å². The van der Waals surface area contributed by atoms with Crippen molar-refractivity contribution in [1.29, 1.82) is 0 Å². The van der Waals surface area contributed by atoms with Crippen molar-refractivity contribution in [2.45, 2.75) is 6.54 Å². The molecule has 0 atom stereocenters. The fourth-order valence-corrected chi connectivity index (χ4v) is 1.37. The molecule has 0 heterocycles. The van der Waals surface area contributed by atoms with Crippen LogP contribution in [0.4, 0.5) is 0 Å². The summed E-state index contributed by atoms with van der Waals surface area (Å²) in [5.41, 5.74) is 1.16. The Hall–Kier alpha value is 0.01000. The minimum absolute atomic E-state index is 0. The SMILES string of the molecule is CN(C)CCNCc1ccccc1Cl.Cl.Cl. The first-order valence-corrected chi connectivity index (χ1v) is 5.17. The lowest BCUT2D eigenvalue weighted by Gasteiger charge is -2.10. The van der Waals surface area contributed by atoms with Crippen LogP contribution in [-0.2, 0) is 6.54 Å². The van der Waals surface area contributed by atoms with Crippen LogP contribution in [0.25, 0.3) is 0 Å². The molecule has 1 N–H and O–H groups in total. The standard InChI is InChI=1S/C11H17ClN2.2ClH/c1-14(2)8-7-13-9-10-5-3-4-6-11(10)12;;/h3-6,13H,7-9H2,1-2H3;2*1H. The molecule has 0 aliphatic carbocycles. The molecule has 0 aliphatic rings. The molecule has 1 aromatic carbocycles. The van der Waals surface area contributed by atoms with E-state index < -0.39 is 0 Å². The predicted molar refractivity (Wildman–Crippen MR) is 76.2 cm³/mol. The van der Waals surface area contributed by atoms with Crippen molar-refractivity contribution in [2.24, 2.45) is 0 Å². The van der Waals surface area contributed by atoms with Gasteiger partial charge in [-0.1, -0.05) is 29.8 Å². The van der Waals surface area contributed by atoms with Gasteiger partial charge in [-0.3, -0.25) is 0 Å². The first-order chi connectivity index (χ1) is 6.70. The lowest BCUT2D eigenvalue weighted by molar-refractivity contribution is 0.400. The van der Waals surface area contributed by atoms with Gasteiger partial charge in [-0.05, 0) is 25.7 Å². The Labute approximate surface area is 115 Å². The number of hydrogen-bond donors (Lipinski definition) is 1. The maximum atomic E-state index is 6.02. The Kier molecular flexibility index (Phi) is 11.7. The van der Waals surface area contributed by atoms with E-state index in [1.807, 2.05) is 24.3 Å². The maximum Gasteiger partial charge on any atom is 0.0450 e. The van der Waals surface area contributed by atoms with Gasteiger partial charge in [-0.2, -0.15) is 0 Å². The summed E-state index contributed by atoms with van der Waals surface area (Å²) < 4.78 is 0. The van der Waals surface area contributed by atoms with E-state index in [1.165, 1.54) is 0 Å². The van der Waals surface area contributed by atoms with Crippen LogP contribution in [0.1, 0.15) is 5.56 Å². The molecule has 0 bridgehead atoms. The highest BCUT2D eigenvalue weighted by molar-refractivity contribution is 6.31. The molecule has 0 unspecified atom stereocenters. The summed E-state index contributed by atoms with van der Waals surface area (Å²) in [6.07, 6.45) is 0. The number of benzene rings is 1. The van der Waals surface area contributed by atoms with Gasteiger partial charge in [0.15, 0.2) is 0 Å². The lowest BCUT2D eigenvalue weighted by Crippen LogP contribution is -2.26. The molecule has 94 valence electrons. The molecule has 0 aliphatic heterocycles. The van der Waals surface area contributed by atoms with Crippen molar-refractivity contribution in [3.05, 3.63) is 34.9 Å². The van der Waals surface area contributed by atoms with Crippen LogP contribution in [-0.4, -0.2) is 32.1 Å². The van der Waals surface area contributed by atoms with Gasteiger partial charge >= 0.3 is 0 Å². The quantitative estimate of drug-likeness (QED) is 0.837. The first kappa shape index (κ1) is 18.4. The molecule has 2 nitrogen and oxygen atoms in total. The zero-order valence-electron chi connectivity index (χ0n) is 9.57.